The molecule has 0 saturated heterocycles. The Morgan fingerprint density at radius 1 is 0.818 bits per heavy atom. The average Bonchev–Trinajstić information content (AvgIpc) is 3.41. The second-order valence-corrected chi connectivity index (χ2v) is 9.06. The maximum absolute atomic E-state index is 11.8. The molecule has 0 spiro atoms. The number of hydrogen-bond donors (Lipinski definition) is 1. The maximum Gasteiger partial charge on any atom is 0.307 e. The van der Waals surface area contributed by atoms with Crippen LogP contribution < -0.4 is 9.47 Å². The van der Waals surface area contributed by atoms with E-state index in [1.54, 1.807) is 14.2 Å². The molecule has 172 valence electrons. The number of ether oxygens (including phenoxy) is 3. The van der Waals surface area contributed by atoms with Crippen molar-refractivity contribution in [2.24, 2.45) is 17.3 Å². The quantitative estimate of drug-likeness (QED) is 0.448. The topological polar surface area (TPSA) is 65.0 Å². The first-order valence-corrected chi connectivity index (χ1v) is 11.1. The summed E-state index contributed by atoms with van der Waals surface area (Å²) in [6.07, 6.45) is 0. The van der Waals surface area contributed by atoms with E-state index in [0.717, 1.165) is 28.2 Å². The van der Waals surface area contributed by atoms with E-state index >= 15 is 0 Å². The first-order valence-electron chi connectivity index (χ1n) is 11.1. The third-order valence-electron chi connectivity index (χ3n) is 6.97. The summed E-state index contributed by atoms with van der Waals surface area (Å²) in [7, 11) is 3.28. The highest BCUT2D eigenvalue weighted by atomic mass is 16.5. The van der Waals surface area contributed by atoms with Crippen LogP contribution in [-0.4, -0.2) is 31.9 Å². The van der Waals surface area contributed by atoms with Crippen LogP contribution in [0.3, 0.4) is 0 Å². The summed E-state index contributed by atoms with van der Waals surface area (Å²) in [4.78, 5) is 11.8. The van der Waals surface area contributed by atoms with Gasteiger partial charge in [-0.3, -0.25) is 4.79 Å². The Labute approximate surface area is 194 Å². The molecule has 5 heteroatoms. The third kappa shape index (κ3) is 4.09. The van der Waals surface area contributed by atoms with Crippen molar-refractivity contribution < 1.29 is 24.1 Å². The Hall–Kier alpha value is -3.31. The number of methoxy groups -OCH3 is 2. The fraction of sp³-hybridized carbons (Fsp3) is 0.321. The molecule has 0 amide bonds. The number of carbonyl (C=O) groups is 1. The van der Waals surface area contributed by atoms with Crippen LogP contribution in [0.25, 0.3) is 0 Å². The summed E-state index contributed by atoms with van der Waals surface area (Å²) in [5.74, 6) is 0.245. The van der Waals surface area contributed by atoms with Gasteiger partial charge in [-0.25, -0.2) is 0 Å². The van der Waals surface area contributed by atoms with E-state index in [1.807, 2.05) is 92.7 Å². The van der Waals surface area contributed by atoms with Crippen molar-refractivity contribution in [3.05, 3.63) is 95.6 Å². The fourth-order valence-corrected chi connectivity index (χ4v) is 4.83. The van der Waals surface area contributed by atoms with Gasteiger partial charge in [-0.1, -0.05) is 68.4 Å². The largest absolute Gasteiger partial charge is 0.497 e. The molecule has 1 fully saturated rings. The van der Waals surface area contributed by atoms with E-state index in [1.165, 1.54) is 0 Å². The van der Waals surface area contributed by atoms with Crippen molar-refractivity contribution in [1.29, 1.82) is 0 Å². The Bertz CT molecular complexity index is 1040. The van der Waals surface area contributed by atoms with Crippen LogP contribution in [0.5, 0.6) is 11.5 Å². The minimum Gasteiger partial charge on any atom is -0.497 e. The van der Waals surface area contributed by atoms with Gasteiger partial charge in [0.2, 0.25) is 0 Å². The van der Waals surface area contributed by atoms with E-state index in [4.69, 9.17) is 14.2 Å². The summed E-state index contributed by atoms with van der Waals surface area (Å²) in [5, 5.41) is 9.67. The molecule has 2 unspecified atom stereocenters. The fourth-order valence-electron chi connectivity index (χ4n) is 4.83. The van der Waals surface area contributed by atoms with Crippen LogP contribution >= 0.6 is 0 Å². The van der Waals surface area contributed by atoms with Crippen molar-refractivity contribution in [3.8, 4) is 11.5 Å². The van der Waals surface area contributed by atoms with Gasteiger partial charge in [-0.15, -0.1) is 0 Å². The molecule has 1 aliphatic carbocycles. The molecule has 5 nitrogen and oxygen atoms in total. The zero-order valence-corrected chi connectivity index (χ0v) is 19.4. The number of aliphatic carboxylic acids is 1. The molecule has 0 radical (unpaired) electrons. The highest BCUT2D eigenvalue weighted by Crippen LogP contribution is 2.59. The van der Waals surface area contributed by atoms with Gasteiger partial charge < -0.3 is 19.3 Å². The maximum atomic E-state index is 11.8. The monoisotopic (exact) mass is 446 g/mol. The van der Waals surface area contributed by atoms with Crippen molar-refractivity contribution in [1.82, 2.24) is 0 Å². The molecule has 2 atom stereocenters. The molecule has 1 aliphatic rings. The highest BCUT2D eigenvalue weighted by molar-refractivity contribution is 5.75. The highest BCUT2D eigenvalue weighted by Gasteiger charge is 2.62. The van der Waals surface area contributed by atoms with E-state index in [0.29, 0.717) is 6.61 Å². The zero-order valence-electron chi connectivity index (χ0n) is 19.4. The molecular formula is C28H30O5. The Kier molecular flexibility index (Phi) is 6.17. The number of carboxylic acids is 1. The molecular weight excluding hydrogens is 416 g/mol. The SMILES string of the molecule is COc1ccc(C(OCC2C(C(=O)O)C2(C)C)(c2ccccc2)c2ccc(OC)cc2)cc1. The lowest BCUT2D eigenvalue weighted by atomic mass is 9.80. The molecule has 3 aromatic rings. The van der Waals surface area contributed by atoms with Crippen molar-refractivity contribution in [3.63, 3.8) is 0 Å². The normalized spacial score (nSPS) is 19.0. The molecule has 1 saturated carbocycles. The molecule has 33 heavy (non-hydrogen) atoms. The minimum absolute atomic E-state index is 0.0745. The predicted molar refractivity (Wildman–Crippen MR) is 127 cm³/mol. The smallest absolute Gasteiger partial charge is 0.307 e. The van der Waals surface area contributed by atoms with Crippen LogP contribution in [0.15, 0.2) is 78.9 Å². The molecule has 0 aromatic heterocycles. The van der Waals surface area contributed by atoms with Crippen molar-refractivity contribution in [2.45, 2.75) is 19.4 Å². The van der Waals surface area contributed by atoms with Crippen LogP contribution in [-0.2, 0) is 15.1 Å². The first kappa shape index (κ1) is 22.9. The third-order valence-corrected chi connectivity index (χ3v) is 6.97. The van der Waals surface area contributed by atoms with Gasteiger partial charge in [0.25, 0.3) is 0 Å². The van der Waals surface area contributed by atoms with Gasteiger partial charge in [0.1, 0.15) is 17.1 Å². The number of rotatable bonds is 9. The molecule has 0 heterocycles. The molecule has 4 rings (SSSR count). The average molecular weight is 447 g/mol. The molecule has 3 aromatic carbocycles. The van der Waals surface area contributed by atoms with Crippen LogP contribution in [0, 0.1) is 17.3 Å². The summed E-state index contributed by atoms with van der Waals surface area (Å²) >= 11 is 0. The minimum atomic E-state index is -0.929. The van der Waals surface area contributed by atoms with Gasteiger partial charge >= 0.3 is 5.97 Å². The molecule has 0 bridgehead atoms. The van der Waals surface area contributed by atoms with Gasteiger partial charge in [-0.2, -0.15) is 0 Å². The lowest BCUT2D eigenvalue weighted by Gasteiger charge is -2.36. The Balaban J connectivity index is 1.84. The Morgan fingerprint density at radius 2 is 1.27 bits per heavy atom. The summed E-state index contributed by atoms with van der Waals surface area (Å²) < 4.78 is 17.6. The zero-order chi connectivity index (χ0) is 23.6. The standard InChI is InChI=1S/C28H30O5/c1-27(2)24(25(27)26(29)30)18-33-28(19-8-6-5-7-9-19,20-10-14-22(31-3)15-11-20)21-12-16-23(32-4)17-13-21/h5-17,24-25H,18H2,1-4H3,(H,29,30). The van der Waals surface area contributed by atoms with E-state index in [9.17, 15) is 9.90 Å². The summed E-state index contributed by atoms with van der Waals surface area (Å²) in [5.41, 5.74) is 1.59. The van der Waals surface area contributed by atoms with Crippen molar-refractivity contribution in [2.75, 3.05) is 20.8 Å². The molecule has 0 aliphatic heterocycles. The second kappa shape index (κ2) is 8.91. The van der Waals surface area contributed by atoms with Gasteiger partial charge in [0.15, 0.2) is 0 Å². The van der Waals surface area contributed by atoms with Crippen LogP contribution in [0.4, 0.5) is 0 Å². The van der Waals surface area contributed by atoms with Crippen LogP contribution in [0.2, 0.25) is 0 Å². The van der Waals surface area contributed by atoms with E-state index in [2.05, 4.69) is 0 Å². The van der Waals surface area contributed by atoms with Crippen molar-refractivity contribution >= 4 is 5.97 Å². The first-order chi connectivity index (χ1) is 15.8. The number of hydrogen-bond acceptors (Lipinski definition) is 4. The summed E-state index contributed by atoms with van der Waals surface area (Å²) in [6, 6.07) is 25.7. The predicted octanol–water partition coefficient (Wildman–Crippen LogP) is 5.37. The Morgan fingerprint density at radius 3 is 1.67 bits per heavy atom. The van der Waals surface area contributed by atoms with E-state index < -0.39 is 17.5 Å². The molecule has 1 N–H and O–H groups in total. The van der Waals surface area contributed by atoms with Gasteiger partial charge in [-0.05, 0) is 46.4 Å². The van der Waals surface area contributed by atoms with E-state index in [-0.39, 0.29) is 11.3 Å². The lowest BCUT2D eigenvalue weighted by molar-refractivity contribution is -0.139. The van der Waals surface area contributed by atoms with Crippen LogP contribution in [0.1, 0.15) is 30.5 Å². The van der Waals surface area contributed by atoms with Gasteiger partial charge in [0.05, 0.1) is 26.7 Å². The van der Waals surface area contributed by atoms with Gasteiger partial charge in [0, 0.05) is 5.92 Å². The number of carboxylic acid groups (broad SMARTS) is 1. The number of benzene rings is 3. The summed E-state index contributed by atoms with van der Waals surface area (Å²) in [6.45, 7) is 4.30. The second-order valence-electron chi connectivity index (χ2n) is 9.06. The lowest BCUT2D eigenvalue weighted by Crippen LogP contribution is -2.34.